The molecular formula is C16H21ClN2O2. The van der Waals surface area contributed by atoms with E-state index in [1.54, 1.807) is 24.3 Å². The molecule has 0 radical (unpaired) electrons. The SMILES string of the molecule is O=C(CCC1CCCCC1)NNC(=O)c1cccc(Cl)c1. The molecule has 0 heterocycles. The molecule has 0 bridgehead atoms. The summed E-state index contributed by atoms with van der Waals surface area (Å²) in [6, 6.07) is 6.60. The number of halogens is 1. The van der Waals surface area contributed by atoms with Crippen LogP contribution in [0, 0.1) is 5.92 Å². The van der Waals surface area contributed by atoms with Crippen LogP contribution in [-0.4, -0.2) is 11.8 Å². The van der Waals surface area contributed by atoms with Crippen molar-refractivity contribution in [2.24, 2.45) is 5.92 Å². The second kappa shape index (κ2) is 8.03. The number of benzene rings is 1. The standard InChI is InChI=1S/C16H21ClN2O2/c17-14-8-4-7-13(11-14)16(21)19-18-15(20)10-9-12-5-2-1-3-6-12/h4,7-8,11-12H,1-3,5-6,9-10H2,(H,18,20)(H,19,21). The molecule has 2 N–H and O–H groups in total. The minimum Gasteiger partial charge on any atom is -0.273 e. The third kappa shape index (κ3) is 5.38. The smallest absolute Gasteiger partial charge is 0.269 e. The molecule has 0 spiro atoms. The van der Waals surface area contributed by atoms with Gasteiger partial charge in [0.05, 0.1) is 0 Å². The van der Waals surface area contributed by atoms with Crippen LogP contribution < -0.4 is 10.9 Å². The molecule has 5 heteroatoms. The Labute approximate surface area is 130 Å². The third-order valence-corrected chi connectivity index (χ3v) is 4.14. The van der Waals surface area contributed by atoms with Gasteiger partial charge in [-0.1, -0.05) is 49.8 Å². The topological polar surface area (TPSA) is 58.2 Å². The average molecular weight is 309 g/mol. The number of hydrazine groups is 1. The number of carbonyl (C=O) groups excluding carboxylic acids is 2. The second-order valence-electron chi connectivity index (χ2n) is 5.56. The highest BCUT2D eigenvalue weighted by molar-refractivity contribution is 6.30. The summed E-state index contributed by atoms with van der Waals surface area (Å²) in [5, 5.41) is 0.492. The van der Waals surface area contributed by atoms with E-state index < -0.39 is 0 Å². The van der Waals surface area contributed by atoms with Gasteiger partial charge in [-0.15, -0.1) is 0 Å². The lowest BCUT2D eigenvalue weighted by atomic mass is 9.86. The first-order valence-electron chi connectivity index (χ1n) is 7.50. The number of hydrogen-bond acceptors (Lipinski definition) is 2. The summed E-state index contributed by atoms with van der Waals surface area (Å²) in [5.41, 5.74) is 5.30. The Morgan fingerprint density at radius 2 is 1.90 bits per heavy atom. The van der Waals surface area contributed by atoms with Gasteiger partial charge in [-0.05, 0) is 30.5 Å². The molecule has 1 aromatic rings. The largest absolute Gasteiger partial charge is 0.273 e. The van der Waals surface area contributed by atoms with Crippen molar-refractivity contribution in [3.63, 3.8) is 0 Å². The third-order valence-electron chi connectivity index (χ3n) is 3.91. The summed E-state index contributed by atoms with van der Waals surface area (Å²) in [7, 11) is 0. The van der Waals surface area contributed by atoms with Crippen LogP contribution in [0.4, 0.5) is 0 Å². The maximum Gasteiger partial charge on any atom is 0.269 e. The molecule has 2 rings (SSSR count). The van der Waals surface area contributed by atoms with Gasteiger partial charge in [0.25, 0.3) is 5.91 Å². The van der Waals surface area contributed by atoms with Gasteiger partial charge in [0.15, 0.2) is 0 Å². The van der Waals surface area contributed by atoms with Crippen molar-refractivity contribution in [1.29, 1.82) is 0 Å². The molecule has 0 aromatic heterocycles. The van der Waals surface area contributed by atoms with E-state index in [4.69, 9.17) is 11.6 Å². The molecule has 4 nitrogen and oxygen atoms in total. The molecule has 21 heavy (non-hydrogen) atoms. The molecule has 0 atom stereocenters. The first-order chi connectivity index (χ1) is 10.1. The van der Waals surface area contributed by atoms with Crippen molar-refractivity contribution >= 4 is 23.4 Å². The van der Waals surface area contributed by atoms with Crippen LogP contribution in [0.15, 0.2) is 24.3 Å². The van der Waals surface area contributed by atoms with Gasteiger partial charge in [0.2, 0.25) is 5.91 Å². The zero-order chi connectivity index (χ0) is 15.1. The van der Waals surface area contributed by atoms with Crippen LogP contribution in [0.1, 0.15) is 55.3 Å². The summed E-state index contributed by atoms with van der Waals surface area (Å²) >= 11 is 5.82. The Morgan fingerprint density at radius 3 is 2.62 bits per heavy atom. The summed E-state index contributed by atoms with van der Waals surface area (Å²) < 4.78 is 0. The van der Waals surface area contributed by atoms with E-state index >= 15 is 0 Å². The first-order valence-corrected chi connectivity index (χ1v) is 7.87. The van der Waals surface area contributed by atoms with Gasteiger partial charge in [-0.2, -0.15) is 0 Å². The van der Waals surface area contributed by atoms with Crippen molar-refractivity contribution in [2.75, 3.05) is 0 Å². The van der Waals surface area contributed by atoms with Crippen LogP contribution in [0.25, 0.3) is 0 Å². The lowest BCUT2D eigenvalue weighted by molar-refractivity contribution is -0.122. The van der Waals surface area contributed by atoms with E-state index in [0.29, 0.717) is 22.9 Å². The van der Waals surface area contributed by atoms with Crippen LogP contribution in [0.5, 0.6) is 0 Å². The van der Waals surface area contributed by atoms with E-state index in [9.17, 15) is 9.59 Å². The predicted octanol–water partition coefficient (Wildman–Crippen LogP) is 3.46. The molecule has 1 aromatic carbocycles. The highest BCUT2D eigenvalue weighted by atomic mass is 35.5. The Bertz CT molecular complexity index is 499. The minimum absolute atomic E-state index is 0.143. The normalized spacial score (nSPS) is 15.5. The molecule has 114 valence electrons. The van der Waals surface area contributed by atoms with Gasteiger partial charge in [-0.25, -0.2) is 0 Å². The van der Waals surface area contributed by atoms with Crippen LogP contribution in [0.3, 0.4) is 0 Å². The molecule has 1 aliphatic carbocycles. The van der Waals surface area contributed by atoms with Crippen molar-refractivity contribution < 1.29 is 9.59 Å². The van der Waals surface area contributed by atoms with Crippen molar-refractivity contribution in [3.8, 4) is 0 Å². The zero-order valence-corrected chi connectivity index (χ0v) is 12.8. The highest BCUT2D eigenvalue weighted by Gasteiger charge is 2.15. The van der Waals surface area contributed by atoms with Crippen molar-refractivity contribution in [2.45, 2.75) is 44.9 Å². The zero-order valence-electron chi connectivity index (χ0n) is 12.0. The molecule has 2 amide bonds. The van der Waals surface area contributed by atoms with Gasteiger partial charge < -0.3 is 0 Å². The Kier molecular flexibility index (Phi) is 6.05. The number of hydrogen-bond donors (Lipinski definition) is 2. The summed E-state index contributed by atoms with van der Waals surface area (Å²) in [4.78, 5) is 23.6. The fourth-order valence-corrected chi connectivity index (χ4v) is 2.89. The number of carbonyl (C=O) groups is 2. The maximum absolute atomic E-state index is 11.8. The Balaban J connectivity index is 1.69. The van der Waals surface area contributed by atoms with Gasteiger partial charge >= 0.3 is 0 Å². The molecule has 0 saturated heterocycles. The number of amides is 2. The monoisotopic (exact) mass is 308 g/mol. The Morgan fingerprint density at radius 1 is 1.14 bits per heavy atom. The molecule has 0 aliphatic heterocycles. The van der Waals surface area contributed by atoms with Gasteiger partial charge in [0, 0.05) is 17.0 Å². The molecule has 0 unspecified atom stereocenters. The average Bonchev–Trinajstić information content (AvgIpc) is 2.51. The van der Waals surface area contributed by atoms with E-state index in [1.165, 1.54) is 32.1 Å². The lowest BCUT2D eigenvalue weighted by Gasteiger charge is -2.21. The van der Waals surface area contributed by atoms with Crippen molar-refractivity contribution in [3.05, 3.63) is 34.9 Å². The molecule has 1 saturated carbocycles. The van der Waals surface area contributed by atoms with Crippen LogP contribution >= 0.6 is 11.6 Å². The summed E-state index contributed by atoms with van der Waals surface area (Å²) in [5.74, 6) is 0.160. The lowest BCUT2D eigenvalue weighted by Crippen LogP contribution is -2.41. The van der Waals surface area contributed by atoms with E-state index in [-0.39, 0.29) is 11.8 Å². The predicted molar refractivity (Wildman–Crippen MR) is 82.9 cm³/mol. The molecule has 1 fully saturated rings. The number of nitrogens with one attached hydrogen (secondary N) is 2. The highest BCUT2D eigenvalue weighted by Crippen LogP contribution is 2.27. The summed E-state index contributed by atoms with van der Waals surface area (Å²) in [6.07, 6.45) is 7.68. The van der Waals surface area contributed by atoms with Crippen LogP contribution in [-0.2, 0) is 4.79 Å². The number of rotatable bonds is 4. The van der Waals surface area contributed by atoms with E-state index in [0.717, 1.165) is 6.42 Å². The fraction of sp³-hybridized carbons (Fsp3) is 0.500. The van der Waals surface area contributed by atoms with Crippen LogP contribution in [0.2, 0.25) is 5.02 Å². The molecule has 1 aliphatic rings. The second-order valence-corrected chi connectivity index (χ2v) is 5.99. The fourth-order valence-electron chi connectivity index (χ4n) is 2.70. The van der Waals surface area contributed by atoms with Gasteiger partial charge in [-0.3, -0.25) is 20.4 Å². The minimum atomic E-state index is -0.358. The van der Waals surface area contributed by atoms with Crippen molar-refractivity contribution in [1.82, 2.24) is 10.9 Å². The first kappa shape index (κ1) is 15.8. The maximum atomic E-state index is 11.8. The summed E-state index contributed by atoms with van der Waals surface area (Å²) in [6.45, 7) is 0. The van der Waals surface area contributed by atoms with E-state index in [1.807, 2.05) is 0 Å². The Hall–Kier alpha value is -1.55. The quantitative estimate of drug-likeness (QED) is 0.837. The molecular weight excluding hydrogens is 288 g/mol. The van der Waals surface area contributed by atoms with E-state index in [2.05, 4.69) is 10.9 Å². The van der Waals surface area contributed by atoms with Gasteiger partial charge in [0.1, 0.15) is 0 Å².